The molecule has 134 valence electrons. The predicted molar refractivity (Wildman–Crippen MR) is 97.3 cm³/mol. The Bertz CT molecular complexity index is 713. The molecule has 1 aromatic heterocycles. The van der Waals surface area contributed by atoms with Crippen molar-refractivity contribution >= 4 is 5.91 Å². The molecule has 0 bridgehead atoms. The zero-order valence-corrected chi connectivity index (χ0v) is 14.9. The van der Waals surface area contributed by atoms with E-state index >= 15 is 0 Å². The number of likely N-dealkylation sites (N-methyl/N-ethyl adjacent to an activating group) is 1. The Kier molecular flexibility index (Phi) is 5.20. The minimum Gasteiger partial charge on any atom is -0.388 e. The van der Waals surface area contributed by atoms with Crippen molar-refractivity contribution in [3.05, 3.63) is 42.1 Å². The lowest BCUT2D eigenvalue weighted by Crippen LogP contribution is -2.41. The van der Waals surface area contributed by atoms with Crippen molar-refractivity contribution in [1.82, 2.24) is 20.0 Å². The fourth-order valence-electron chi connectivity index (χ4n) is 3.49. The molecule has 1 fully saturated rings. The van der Waals surface area contributed by atoms with Crippen LogP contribution < -0.4 is 0 Å². The maximum absolute atomic E-state index is 12.8. The van der Waals surface area contributed by atoms with E-state index in [0.29, 0.717) is 38.2 Å². The topological polar surface area (TPSA) is 72.5 Å². The van der Waals surface area contributed by atoms with E-state index in [9.17, 15) is 9.90 Å². The number of hydrogen-bond acceptors (Lipinski definition) is 4. The molecule has 6 nitrogen and oxygen atoms in total. The number of nitrogens with zero attached hydrogens (tertiary/aromatic N) is 3. The van der Waals surface area contributed by atoms with E-state index in [0.717, 1.165) is 17.7 Å². The summed E-state index contributed by atoms with van der Waals surface area (Å²) in [5.41, 5.74) is 1.52. The smallest absolute Gasteiger partial charge is 0.271 e. The normalized spacial score (nSPS) is 21.4. The van der Waals surface area contributed by atoms with Gasteiger partial charge in [0.15, 0.2) is 0 Å². The molecule has 2 aromatic rings. The van der Waals surface area contributed by atoms with E-state index in [2.05, 4.69) is 10.2 Å². The van der Waals surface area contributed by atoms with Crippen LogP contribution in [0.2, 0.25) is 0 Å². The van der Waals surface area contributed by atoms with Crippen molar-refractivity contribution in [2.75, 3.05) is 33.7 Å². The van der Waals surface area contributed by atoms with Gasteiger partial charge in [-0.05, 0) is 39.4 Å². The van der Waals surface area contributed by atoms with Gasteiger partial charge in [-0.2, -0.15) is 5.10 Å². The maximum atomic E-state index is 12.8. The molecule has 1 aliphatic rings. The van der Waals surface area contributed by atoms with Gasteiger partial charge in [-0.3, -0.25) is 9.89 Å². The van der Waals surface area contributed by atoms with E-state index in [-0.39, 0.29) is 5.91 Å². The number of hydrogen-bond donors (Lipinski definition) is 2. The van der Waals surface area contributed by atoms with Crippen LogP contribution in [-0.2, 0) is 0 Å². The van der Waals surface area contributed by atoms with Crippen LogP contribution in [0.5, 0.6) is 0 Å². The van der Waals surface area contributed by atoms with E-state index in [1.165, 1.54) is 0 Å². The Morgan fingerprint density at radius 2 is 2.04 bits per heavy atom. The van der Waals surface area contributed by atoms with Gasteiger partial charge >= 0.3 is 0 Å². The standard InChI is InChI=1S/C19H26N4O2/c1-22(2)14-19(25)9-6-11-23(12-10-19)18(24)17-13-16(20-21-17)15-7-4-3-5-8-15/h3-5,7-8,13,25H,6,9-12,14H2,1-2H3,(H,20,21)/t19-/m1/s1. The van der Waals surface area contributed by atoms with Crippen molar-refractivity contribution in [1.29, 1.82) is 0 Å². The first-order chi connectivity index (χ1) is 12.0. The molecule has 0 saturated carbocycles. The quantitative estimate of drug-likeness (QED) is 0.891. The maximum Gasteiger partial charge on any atom is 0.271 e. The lowest BCUT2D eigenvalue weighted by molar-refractivity contribution is 0.00303. The van der Waals surface area contributed by atoms with E-state index < -0.39 is 5.60 Å². The van der Waals surface area contributed by atoms with Crippen molar-refractivity contribution in [3.8, 4) is 11.3 Å². The molecule has 1 atom stereocenters. The summed E-state index contributed by atoms with van der Waals surface area (Å²) in [6.45, 7) is 1.84. The van der Waals surface area contributed by atoms with Gasteiger partial charge in [-0.1, -0.05) is 30.3 Å². The second-order valence-corrected chi connectivity index (χ2v) is 7.14. The summed E-state index contributed by atoms with van der Waals surface area (Å²) in [7, 11) is 3.92. The number of likely N-dealkylation sites (tertiary alicyclic amines) is 1. The third-order valence-electron chi connectivity index (χ3n) is 4.69. The van der Waals surface area contributed by atoms with Gasteiger partial charge in [0, 0.05) is 25.2 Å². The molecular formula is C19H26N4O2. The first-order valence-corrected chi connectivity index (χ1v) is 8.74. The van der Waals surface area contributed by atoms with Gasteiger partial charge in [0.1, 0.15) is 5.69 Å². The molecule has 1 amide bonds. The lowest BCUT2D eigenvalue weighted by Gasteiger charge is -2.29. The Hall–Kier alpha value is -2.18. The van der Waals surface area contributed by atoms with Crippen LogP contribution >= 0.6 is 0 Å². The molecule has 2 N–H and O–H groups in total. The third kappa shape index (κ3) is 4.27. The summed E-state index contributed by atoms with van der Waals surface area (Å²) in [5.74, 6) is -0.0521. The highest BCUT2D eigenvalue weighted by molar-refractivity contribution is 5.93. The Labute approximate surface area is 148 Å². The lowest BCUT2D eigenvalue weighted by atomic mass is 9.94. The molecule has 1 aliphatic heterocycles. The van der Waals surface area contributed by atoms with Crippen LogP contribution in [0.25, 0.3) is 11.3 Å². The highest BCUT2D eigenvalue weighted by Gasteiger charge is 2.32. The molecule has 1 saturated heterocycles. The molecule has 0 spiro atoms. The fourth-order valence-corrected chi connectivity index (χ4v) is 3.49. The van der Waals surface area contributed by atoms with Gasteiger partial charge in [-0.25, -0.2) is 0 Å². The van der Waals surface area contributed by atoms with E-state index in [4.69, 9.17) is 0 Å². The zero-order valence-electron chi connectivity index (χ0n) is 14.9. The van der Waals surface area contributed by atoms with Gasteiger partial charge in [0.25, 0.3) is 5.91 Å². The fraction of sp³-hybridized carbons (Fsp3) is 0.474. The largest absolute Gasteiger partial charge is 0.388 e. The molecule has 2 heterocycles. The monoisotopic (exact) mass is 342 g/mol. The van der Waals surface area contributed by atoms with Crippen LogP contribution in [0.4, 0.5) is 0 Å². The van der Waals surface area contributed by atoms with Crippen molar-refractivity contribution in [2.45, 2.75) is 24.9 Å². The molecule has 0 radical (unpaired) electrons. The SMILES string of the molecule is CN(C)C[C@@]1(O)CCCN(C(=O)c2cc(-c3ccccc3)n[nH]2)CC1. The highest BCUT2D eigenvalue weighted by atomic mass is 16.3. The number of aromatic amines is 1. The van der Waals surface area contributed by atoms with E-state index in [1.54, 1.807) is 6.07 Å². The number of carbonyl (C=O) groups excluding carboxylic acids is 1. The average Bonchev–Trinajstić information content (AvgIpc) is 3.00. The number of rotatable bonds is 4. The Morgan fingerprint density at radius 1 is 1.28 bits per heavy atom. The second kappa shape index (κ2) is 7.37. The molecule has 0 aliphatic carbocycles. The van der Waals surface area contributed by atoms with Crippen LogP contribution in [0.3, 0.4) is 0 Å². The molecular weight excluding hydrogens is 316 g/mol. The molecule has 3 rings (SSSR count). The minimum atomic E-state index is -0.721. The number of amides is 1. The van der Waals surface area contributed by atoms with Crippen molar-refractivity contribution < 1.29 is 9.90 Å². The number of aliphatic hydroxyl groups is 1. The number of benzene rings is 1. The molecule has 0 unspecified atom stereocenters. The first-order valence-electron chi connectivity index (χ1n) is 8.74. The summed E-state index contributed by atoms with van der Waals surface area (Å²) in [5, 5.41) is 17.9. The van der Waals surface area contributed by atoms with Crippen LogP contribution in [0.1, 0.15) is 29.8 Å². The van der Waals surface area contributed by atoms with Crippen LogP contribution in [0.15, 0.2) is 36.4 Å². The predicted octanol–water partition coefficient (Wildman–Crippen LogP) is 2.00. The Morgan fingerprint density at radius 3 is 2.76 bits per heavy atom. The van der Waals surface area contributed by atoms with Gasteiger partial charge in [0.05, 0.1) is 11.3 Å². The number of nitrogens with one attached hydrogen (secondary N) is 1. The molecule has 1 aromatic carbocycles. The zero-order chi connectivity index (χ0) is 17.9. The van der Waals surface area contributed by atoms with Crippen LogP contribution in [-0.4, -0.2) is 70.3 Å². The third-order valence-corrected chi connectivity index (χ3v) is 4.69. The van der Waals surface area contributed by atoms with Gasteiger partial charge in [0.2, 0.25) is 0 Å². The Balaban J connectivity index is 1.68. The number of carbonyl (C=O) groups is 1. The summed E-state index contributed by atoms with van der Waals surface area (Å²) in [6, 6.07) is 11.6. The van der Waals surface area contributed by atoms with Gasteiger partial charge < -0.3 is 14.9 Å². The highest BCUT2D eigenvalue weighted by Crippen LogP contribution is 2.24. The molecule has 6 heteroatoms. The second-order valence-electron chi connectivity index (χ2n) is 7.14. The summed E-state index contributed by atoms with van der Waals surface area (Å²) in [4.78, 5) is 16.6. The summed E-state index contributed by atoms with van der Waals surface area (Å²) in [6.07, 6.45) is 2.11. The minimum absolute atomic E-state index is 0.0521. The first kappa shape index (κ1) is 17.6. The summed E-state index contributed by atoms with van der Waals surface area (Å²) >= 11 is 0. The summed E-state index contributed by atoms with van der Waals surface area (Å²) < 4.78 is 0. The number of H-pyrrole nitrogens is 1. The van der Waals surface area contributed by atoms with Crippen molar-refractivity contribution in [2.24, 2.45) is 0 Å². The van der Waals surface area contributed by atoms with Gasteiger partial charge in [-0.15, -0.1) is 0 Å². The van der Waals surface area contributed by atoms with Crippen LogP contribution in [0, 0.1) is 0 Å². The molecule has 25 heavy (non-hydrogen) atoms. The number of aromatic nitrogens is 2. The van der Waals surface area contributed by atoms with Crippen molar-refractivity contribution in [3.63, 3.8) is 0 Å². The van der Waals surface area contributed by atoms with E-state index in [1.807, 2.05) is 54.2 Å². The average molecular weight is 342 g/mol.